The Hall–Kier alpha value is -0.0800. The molecule has 3 N–H and O–H groups in total. The van der Waals surface area contributed by atoms with Gasteiger partial charge in [0.25, 0.3) is 0 Å². The van der Waals surface area contributed by atoms with E-state index in [0.29, 0.717) is 18.7 Å². The Labute approximate surface area is 151 Å². The molecule has 0 bridgehead atoms. The smallest absolute Gasteiger partial charge is 0.191 e. The zero-order valence-electron chi connectivity index (χ0n) is 14.3. The number of guanidine groups is 1. The first kappa shape index (κ1) is 20.0. The molecule has 0 radical (unpaired) electrons. The molecular formula is C16H32IN3O2. The molecule has 2 aliphatic carbocycles. The lowest BCUT2D eigenvalue weighted by molar-refractivity contribution is -0.0923. The van der Waals surface area contributed by atoms with Gasteiger partial charge < -0.3 is 20.5 Å². The van der Waals surface area contributed by atoms with E-state index in [1.165, 1.54) is 6.42 Å². The number of nitrogens with one attached hydrogen (secondary N) is 2. The summed E-state index contributed by atoms with van der Waals surface area (Å²) in [4.78, 5) is 4.28. The van der Waals surface area contributed by atoms with E-state index in [9.17, 15) is 5.11 Å². The van der Waals surface area contributed by atoms with Crippen LogP contribution < -0.4 is 10.6 Å². The molecule has 0 aliphatic heterocycles. The molecule has 0 amide bonds. The summed E-state index contributed by atoms with van der Waals surface area (Å²) in [7, 11) is 3.55. The Balaban J connectivity index is 0.00000242. The number of aliphatic imine (C=N–C) groups is 1. The van der Waals surface area contributed by atoms with Gasteiger partial charge in [-0.1, -0.05) is 33.1 Å². The van der Waals surface area contributed by atoms with Crippen LogP contribution >= 0.6 is 24.0 Å². The van der Waals surface area contributed by atoms with E-state index in [1.807, 2.05) is 0 Å². The number of rotatable bonds is 4. The second kappa shape index (κ2) is 8.15. The van der Waals surface area contributed by atoms with Crippen molar-refractivity contribution in [1.82, 2.24) is 10.6 Å². The van der Waals surface area contributed by atoms with Crippen molar-refractivity contribution in [3.63, 3.8) is 0 Å². The summed E-state index contributed by atoms with van der Waals surface area (Å²) in [6.45, 7) is 5.00. The second-order valence-corrected chi connectivity index (χ2v) is 7.19. The van der Waals surface area contributed by atoms with Gasteiger partial charge in [-0.15, -0.1) is 24.0 Å². The van der Waals surface area contributed by atoms with E-state index in [4.69, 9.17) is 4.74 Å². The van der Waals surface area contributed by atoms with Gasteiger partial charge in [0.05, 0.1) is 11.7 Å². The number of nitrogens with zero attached hydrogens (tertiary/aromatic N) is 1. The van der Waals surface area contributed by atoms with Crippen molar-refractivity contribution in [3.8, 4) is 0 Å². The average molecular weight is 425 g/mol. The zero-order valence-corrected chi connectivity index (χ0v) is 16.6. The molecule has 2 aliphatic rings. The molecule has 2 fully saturated rings. The minimum Gasteiger partial charge on any atom is -0.388 e. The molecule has 22 heavy (non-hydrogen) atoms. The first-order chi connectivity index (χ1) is 9.91. The van der Waals surface area contributed by atoms with Crippen LogP contribution in [0.15, 0.2) is 4.99 Å². The van der Waals surface area contributed by atoms with Crippen molar-refractivity contribution >= 4 is 29.9 Å². The molecule has 0 aromatic heterocycles. The lowest BCUT2D eigenvalue weighted by atomic mass is 9.64. The number of ether oxygens (including phenoxy) is 1. The van der Waals surface area contributed by atoms with Crippen LogP contribution in [0, 0.1) is 5.41 Å². The van der Waals surface area contributed by atoms with Crippen molar-refractivity contribution < 1.29 is 9.84 Å². The van der Waals surface area contributed by atoms with Crippen molar-refractivity contribution in [2.45, 2.75) is 70.1 Å². The van der Waals surface area contributed by atoms with Crippen LogP contribution in [0.2, 0.25) is 0 Å². The van der Waals surface area contributed by atoms with Crippen LogP contribution in [0.3, 0.4) is 0 Å². The Bertz CT molecular complexity index is 382. The van der Waals surface area contributed by atoms with E-state index in [-0.39, 0.29) is 29.4 Å². The minimum atomic E-state index is -0.569. The lowest BCUT2D eigenvalue weighted by Gasteiger charge is -2.51. The van der Waals surface area contributed by atoms with Gasteiger partial charge in [-0.25, -0.2) is 0 Å². The fraction of sp³-hybridized carbons (Fsp3) is 0.938. The Morgan fingerprint density at radius 2 is 1.91 bits per heavy atom. The predicted molar refractivity (Wildman–Crippen MR) is 101 cm³/mol. The van der Waals surface area contributed by atoms with Gasteiger partial charge >= 0.3 is 0 Å². The SMILES string of the molecule is CN=C(NCC1(O)CCCCC1)NC1CC(OC)C1(C)C.I. The molecule has 5 nitrogen and oxygen atoms in total. The standard InChI is InChI=1S/C16H31N3O2.HI/c1-15(2)12(10-13(15)21-4)19-14(17-3)18-11-16(20)8-6-5-7-9-16;/h12-13,20H,5-11H2,1-4H3,(H2,17,18,19);1H. The third kappa shape index (κ3) is 4.47. The highest BCUT2D eigenvalue weighted by Crippen LogP contribution is 2.42. The van der Waals surface area contributed by atoms with Crippen LogP contribution in [-0.2, 0) is 4.74 Å². The molecule has 0 saturated heterocycles. The van der Waals surface area contributed by atoms with E-state index in [0.717, 1.165) is 38.1 Å². The topological polar surface area (TPSA) is 65.9 Å². The highest BCUT2D eigenvalue weighted by Gasteiger charge is 2.49. The molecular weight excluding hydrogens is 393 g/mol. The summed E-state index contributed by atoms with van der Waals surface area (Å²) in [6.07, 6.45) is 6.55. The van der Waals surface area contributed by atoms with Gasteiger partial charge in [-0.05, 0) is 19.3 Å². The normalized spacial score (nSPS) is 30.0. The number of methoxy groups -OCH3 is 1. The maximum absolute atomic E-state index is 10.5. The third-order valence-electron chi connectivity index (χ3n) is 5.37. The molecule has 2 atom stereocenters. The molecule has 0 aromatic rings. The number of hydrogen-bond donors (Lipinski definition) is 3. The van der Waals surface area contributed by atoms with Crippen LogP contribution in [0.5, 0.6) is 0 Å². The van der Waals surface area contributed by atoms with Gasteiger partial charge in [0, 0.05) is 32.2 Å². The lowest BCUT2D eigenvalue weighted by Crippen LogP contribution is -2.63. The molecule has 2 saturated carbocycles. The van der Waals surface area contributed by atoms with Crippen molar-refractivity contribution in [1.29, 1.82) is 0 Å². The first-order valence-electron chi connectivity index (χ1n) is 8.14. The molecule has 0 spiro atoms. The highest BCUT2D eigenvalue weighted by atomic mass is 127. The molecule has 6 heteroatoms. The molecule has 2 unspecified atom stereocenters. The summed E-state index contributed by atoms with van der Waals surface area (Å²) in [5, 5.41) is 17.3. The molecule has 130 valence electrons. The number of hydrogen-bond acceptors (Lipinski definition) is 3. The average Bonchev–Trinajstić information content (AvgIpc) is 2.46. The quantitative estimate of drug-likeness (QED) is 0.368. The fourth-order valence-corrected chi connectivity index (χ4v) is 3.52. The number of halogens is 1. The van der Waals surface area contributed by atoms with Crippen molar-refractivity contribution in [3.05, 3.63) is 0 Å². The summed E-state index contributed by atoms with van der Waals surface area (Å²) in [5.41, 5.74) is -0.464. The van der Waals surface area contributed by atoms with Gasteiger partial charge in [0.1, 0.15) is 0 Å². The van der Waals surface area contributed by atoms with E-state index in [1.54, 1.807) is 14.2 Å². The van der Waals surface area contributed by atoms with E-state index < -0.39 is 5.60 Å². The molecule has 0 aromatic carbocycles. The largest absolute Gasteiger partial charge is 0.388 e. The van der Waals surface area contributed by atoms with Gasteiger partial charge in [0.2, 0.25) is 0 Å². The van der Waals surface area contributed by atoms with Crippen LogP contribution in [0.4, 0.5) is 0 Å². The van der Waals surface area contributed by atoms with E-state index in [2.05, 4.69) is 29.5 Å². The monoisotopic (exact) mass is 425 g/mol. The number of aliphatic hydroxyl groups is 1. The van der Waals surface area contributed by atoms with E-state index >= 15 is 0 Å². The fourth-order valence-electron chi connectivity index (χ4n) is 3.52. The van der Waals surface area contributed by atoms with Crippen LogP contribution in [0.25, 0.3) is 0 Å². The first-order valence-corrected chi connectivity index (χ1v) is 8.14. The summed E-state index contributed by atoms with van der Waals surface area (Å²) >= 11 is 0. The predicted octanol–water partition coefficient (Wildman–Crippen LogP) is 2.28. The van der Waals surface area contributed by atoms with Crippen molar-refractivity contribution in [2.24, 2.45) is 10.4 Å². The van der Waals surface area contributed by atoms with Gasteiger partial charge in [-0.2, -0.15) is 0 Å². The summed E-state index contributed by atoms with van der Waals surface area (Å²) in [6, 6.07) is 0.356. The Morgan fingerprint density at radius 1 is 1.27 bits per heavy atom. The summed E-state index contributed by atoms with van der Waals surface area (Å²) in [5.74, 6) is 0.779. The van der Waals surface area contributed by atoms with Gasteiger partial charge in [-0.3, -0.25) is 4.99 Å². The van der Waals surface area contributed by atoms with Crippen LogP contribution in [-0.4, -0.2) is 49.5 Å². The minimum absolute atomic E-state index is 0. The maximum atomic E-state index is 10.5. The second-order valence-electron chi connectivity index (χ2n) is 7.19. The maximum Gasteiger partial charge on any atom is 0.191 e. The summed E-state index contributed by atoms with van der Waals surface area (Å²) < 4.78 is 5.48. The highest BCUT2D eigenvalue weighted by molar-refractivity contribution is 14.0. The van der Waals surface area contributed by atoms with Crippen molar-refractivity contribution in [2.75, 3.05) is 20.7 Å². The zero-order chi connectivity index (χ0) is 15.5. The molecule has 0 heterocycles. The van der Waals surface area contributed by atoms with Gasteiger partial charge in [0.15, 0.2) is 5.96 Å². The Morgan fingerprint density at radius 3 is 2.41 bits per heavy atom. The van der Waals surface area contributed by atoms with Crippen LogP contribution in [0.1, 0.15) is 52.4 Å². The third-order valence-corrected chi connectivity index (χ3v) is 5.37. The Kier molecular flexibility index (Phi) is 7.39. The molecule has 2 rings (SSSR count).